The molecular formula is C25H29Cl2N3O5S. The van der Waals surface area contributed by atoms with Crippen molar-refractivity contribution in [3.05, 3.63) is 63.6 Å². The molecule has 1 aliphatic heterocycles. The van der Waals surface area contributed by atoms with Crippen LogP contribution in [0.1, 0.15) is 56.5 Å². The van der Waals surface area contributed by atoms with E-state index in [2.05, 4.69) is 5.32 Å². The molecule has 3 rings (SSSR count). The Morgan fingerprint density at radius 3 is 2.36 bits per heavy atom. The Bertz CT molecular complexity index is 1290. The van der Waals surface area contributed by atoms with Gasteiger partial charge in [-0.25, -0.2) is 12.7 Å². The minimum absolute atomic E-state index is 0.0324. The second-order valence-electron chi connectivity index (χ2n) is 9.67. The highest BCUT2D eigenvalue weighted by Gasteiger charge is 2.40. The Morgan fingerprint density at radius 1 is 1.08 bits per heavy atom. The van der Waals surface area contributed by atoms with Crippen LogP contribution in [-0.4, -0.2) is 53.5 Å². The summed E-state index contributed by atoms with van der Waals surface area (Å²) >= 11 is 12.1. The summed E-state index contributed by atoms with van der Waals surface area (Å²) in [6.45, 7) is 7.10. The van der Waals surface area contributed by atoms with Crippen molar-refractivity contribution in [2.75, 3.05) is 6.54 Å². The van der Waals surface area contributed by atoms with Crippen molar-refractivity contribution in [2.45, 2.75) is 63.6 Å². The zero-order valence-corrected chi connectivity index (χ0v) is 22.9. The summed E-state index contributed by atoms with van der Waals surface area (Å²) in [5, 5.41) is 3.57. The molecule has 194 valence electrons. The molecule has 0 bridgehead atoms. The number of hydrogen-bond acceptors (Lipinski definition) is 5. The van der Waals surface area contributed by atoms with Gasteiger partial charge in [0.15, 0.2) is 0 Å². The molecule has 2 aromatic carbocycles. The lowest BCUT2D eigenvalue weighted by Crippen LogP contribution is -2.52. The summed E-state index contributed by atoms with van der Waals surface area (Å²) < 4.78 is 26.3. The Balaban J connectivity index is 1.74. The molecule has 1 atom stereocenters. The molecule has 0 fully saturated rings. The SMILES string of the molecule is C[C@H](C(=O)NC(C)(C)C)N(Cc1ccc(Cl)c(Cl)c1)C(=O)CCCN1C(=O)c2ccccc2S1(=O)=O. The molecule has 1 heterocycles. The maximum Gasteiger partial charge on any atom is 0.269 e. The number of fused-ring (bicyclic) bond motifs is 1. The number of halogens is 2. The summed E-state index contributed by atoms with van der Waals surface area (Å²) in [6, 6.07) is 10.2. The van der Waals surface area contributed by atoms with Gasteiger partial charge in [-0.15, -0.1) is 0 Å². The van der Waals surface area contributed by atoms with E-state index in [1.807, 2.05) is 20.8 Å². The van der Waals surface area contributed by atoms with Crippen LogP contribution in [0.2, 0.25) is 10.0 Å². The fraction of sp³-hybridized carbons (Fsp3) is 0.400. The van der Waals surface area contributed by atoms with E-state index in [0.717, 1.165) is 4.31 Å². The third kappa shape index (κ3) is 6.19. The zero-order valence-electron chi connectivity index (χ0n) is 20.5. The third-order valence-corrected chi connectivity index (χ3v) is 8.25. The van der Waals surface area contributed by atoms with E-state index in [-0.39, 0.29) is 48.2 Å². The molecule has 0 radical (unpaired) electrons. The third-order valence-electron chi connectivity index (χ3n) is 5.67. The van der Waals surface area contributed by atoms with Crippen LogP contribution in [0, 0.1) is 0 Å². The lowest BCUT2D eigenvalue weighted by atomic mass is 10.1. The summed E-state index contributed by atoms with van der Waals surface area (Å²) in [7, 11) is -3.95. The highest BCUT2D eigenvalue weighted by Crippen LogP contribution is 2.30. The quantitative estimate of drug-likeness (QED) is 0.526. The molecular weight excluding hydrogens is 525 g/mol. The van der Waals surface area contributed by atoms with Crippen LogP contribution in [0.25, 0.3) is 0 Å². The first-order valence-electron chi connectivity index (χ1n) is 11.4. The largest absolute Gasteiger partial charge is 0.350 e. The van der Waals surface area contributed by atoms with Crippen molar-refractivity contribution in [1.82, 2.24) is 14.5 Å². The van der Waals surface area contributed by atoms with E-state index in [0.29, 0.717) is 15.6 Å². The summed E-state index contributed by atoms with van der Waals surface area (Å²) in [6.07, 6.45) is 0.0351. The van der Waals surface area contributed by atoms with E-state index in [9.17, 15) is 22.8 Å². The zero-order chi connectivity index (χ0) is 26.8. The van der Waals surface area contributed by atoms with Gasteiger partial charge in [0, 0.05) is 25.0 Å². The van der Waals surface area contributed by atoms with Crippen LogP contribution in [0.5, 0.6) is 0 Å². The first-order valence-corrected chi connectivity index (χ1v) is 13.6. The van der Waals surface area contributed by atoms with Gasteiger partial charge >= 0.3 is 0 Å². The second kappa shape index (κ2) is 10.8. The van der Waals surface area contributed by atoms with Crippen molar-refractivity contribution in [3.63, 3.8) is 0 Å². The molecule has 0 saturated heterocycles. The monoisotopic (exact) mass is 553 g/mol. The van der Waals surface area contributed by atoms with E-state index >= 15 is 0 Å². The van der Waals surface area contributed by atoms with Crippen molar-refractivity contribution in [3.8, 4) is 0 Å². The number of nitrogens with one attached hydrogen (secondary N) is 1. The van der Waals surface area contributed by atoms with E-state index in [4.69, 9.17) is 23.2 Å². The van der Waals surface area contributed by atoms with Crippen molar-refractivity contribution < 1.29 is 22.8 Å². The van der Waals surface area contributed by atoms with Gasteiger partial charge < -0.3 is 10.2 Å². The van der Waals surface area contributed by atoms with Gasteiger partial charge in [0.2, 0.25) is 11.8 Å². The van der Waals surface area contributed by atoms with Crippen LogP contribution < -0.4 is 5.32 Å². The molecule has 0 spiro atoms. The first kappa shape index (κ1) is 28.0. The molecule has 1 aliphatic rings. The number of hydrogen-bond donors (Lipinski definition) is 1. The van der Waals surface area contributed by atoms with Gasteiger partial charge in [-0.05, 0) is 63.9 Å². The van der Waals surface area contributed by atoms with Gasteiger partial charge in [-0.1, -0.05) is 41.4 Å². The maximum atomic E-state index is 13.3. The highest BCUT2D eigenvalue weighted by atomic mass is 35.5. The lowest BCUT2D eigenvalue weighted by Gasteiger charge is -2.31. The smallest absolute Gasteiger partial charge is 0.269 e. The van der Waals surface area contributed by atoms with Gasteiger partial charge in [-0.3, -0.25) is 14.4 Å². The van der Waals surface area contributed by atoms with Gasteiger partial charge in [0.05, 0.1) is 15.6 Å². The van der Waals surface area contributed by atoms with Gasteiger partial charge in [0.1, 0.15) is 10.9 Å². The molecule has 8 nitrogen and oxygen atoms in total. The van der Waals surface area contributed by atoms with Crippen molar-refractivity contribution in [1.29, 1.82) is 0 Å². The number of sulfonamides is 1. The predicted octanol–water partition coefficient (Wildman–Crippen LogP) is 4.25. The Hall–Kier alpha value is -2.62. The minimum Gasteiger partial charge on any atom is -0.350 e. The van der Waals surface area contributed by atoms with Crippen molar-refractivity contribution >= 4 is 50.9 Å². The second-order valence-corrected chi connectivity index (χ2v) is 12.3. The fourth-order valence-corrected chi connectivity index (χ4v) is 5.79. The van der Waals surface area contributed by atoms with Crippen LogP contribution in [0.3, 0.4) is 0 Å². The summed E-state index contributed by atoms with van der Waals surface area (Å²) in [5.74, 6) is -1.30. The molecule has 0 aliphatic carbocycles. The Kier molecular flexibility index (Phi) is 8.37. The molecule has 36 heavy (non-hydrogen) atoms. The number of amides is 3. The standard InChI is InChI=1S/C25H29Cl2N3O5S/c1-16(23(32)28-25(2,3)4)29(15-17-11-12-19(26)20(27)14-17)22(31)10-7-13-30-24(33)18-8-5-6-9-21(18)36(30,34)35/h5-6,8-9,11-12,14,16H,7,10,13,15H2,1-4H3,(H,28,32)/t16-/m1/s1. The van der Waals surface area contributed by atoms with Crippen LogP contribution in [0.15, 0.2) is 47.4 Å². The van der Waals surface area contributed by atoms with Gasteiger partial charge in [0.25, 0.3) is 15.9 Å². The Labute approximate surface area is 221 Å². The van der Waals surface area contributed by atoms with Crippen molar-refractivity contribution in [2.24, 2.45) is 0 Å². The van der Waals surface area contributed by atoms with Crippen LogP contribution >= 0.6 is 23.2 Å². The topological polar surface area (TPSA) is 104 Å². The number of carbonyl (C=O) groups is 3. The molecule has 0 saturated carbocycles. The van der Waals surface area contributed by atoms with Crippen LogP contribution in [-0.2, 0) is 26.2 Å². The number of nitrogens with zero attached hydrogens (tertiary/aromatic N) is 2. The normalized spacial score (nSPS) is 15.4. The summed E-state index contributed by atoms with van der Waals surface area (Å²) in [5.41, 5.74) is 0.307. The molecule has 2 aromatic rings. The highest BCUT2D eigenvalue weighted by molar-refractivity contribution is 7.90. The first-order chi connectivity index (χ1) is 16.7. The average molecular weight is 554 g/mol. The number of benzene rings is 2. The predicted molar refractivity (Wildman–Crippen MR) is 138 cm³/mol. The molecule has 11 heteroatoms. The molecule has 1 N–H and O–H groups in total. The van der Waals surface area contributed by atoms with Gasteiger partial charge in [-0.2, -0.15) is 0 Å². The van der Waals surface area contributed by atoms with E-state index < -0.39 is 27.5 Å². The summed E-state index contributed by atoms with van der Waals surface area (Å²) in [4.78, 5) is 40.2. The molecule has 0 unspecified atom stereocenters. The number of carbonyl (C=O) groups excluding carboxylic acids is 3. The Morgan fingerprint density at radius 2 is 1.75 bits per heavy atom. The maximum absolute atomic E-state index is 13.3. The van der Waals surface area contributed by atoms with E-state index in [1.54, 1.807) is 37.3 Å². The fourth-order valence-electron chi connectivity index (χ4n) is 3.86. The minimum atomic E-state index is -3.95. The number of rotatable bonds is 8. The average Bonchev–Trinajstić information content (AvgIpc) is 2.98. The molecule has 0 aromatic heterocycles. The van der Waals surface area contributed by atoms with E-state index in [1.165, 1.54) is 17.0 Å². The lowest BCUT2D eigenvalue weighted by molar-refractivity contribution is -0.141. The van der Waals surface area contributed by atoms with Crippen LogP contribution in [0.4, 0.5) is 0 Å². The molecule has 3 amide bonds.